The SMILES string of the molecule is COc1cc2c(/C=C/C(=O)O)c(CO)c(C(=O)O)c(-c3cc(F)c4c(c3)ONO4)c2cc1OC. The number of nitrogens with one attached hydrogen (secondary N) is 1. The van der Waals surface area contributed by atoms with E-state index in [1.165, 1.54) is 38.5 Å². The van der Waals surface area contributed by atoms with Crippen molar-refractivity contribution in [1.82, 2.24) is 5.64 Å². The summed E-state index contributed by atoms with van der Waals surface area (Å²) in [5.74, 6) is -3.20. The maximum atomic E-state index is 14.7. The first kappa shape index (κ1) is 22.8. The van der Waals surface area contributed by atoms with Crippen molar-refractivity contribution in [3.05, 3.63) is 52.8 Å². The molecule has 1 heterocycles. The number of aliphatic carboxylic acids is 1. The minimum atomic E-state index is -1.42. The molecule has 0 bridgehead atoms. The summed E-state index contributed by atoms with van der Waals surface area (Å²) in [6, 6.07) is 5.47. The van der Waals surface area contributed by atoms with E-state index in [9.17, 15) is 24.2 Å². The Bertz CT molecular complexity index is 1370. The molecule has 0 aromatic heterocycles. The number of aliphatic hydroxyl groups excluding tert-OH is 1. The molecule has 0 unspecified atom stereocenters. The van der Waals surface area contributed by atoms with Crippen LogP contribution in [0.25, 0.3) is 28.0 Å². The lowest BCUT2D eigenvalue weighted by Gasteiger charge is -2.20. The molecular formula is C23H18FNO9. The van der Waals surface area contributed by atoms with Crippen LogP contribution in [-0.2, 0) is 11.4 Å². The van der Waals surface area contributed by atoms with Crippen molar-refractivity contribution in [2.24, 2.45) is 0 Å². The van der Waals surface area contributed by atoms with Crippen molar-refractivity contribution in [1.29, 1.82) is 0 Å². The number of carboxylic acid groups (broad SMARTS) is 2. The van der Waals surface area contributed by atoms with E-state index in [1.54, 1.807) is 0 Å². The van der Waals surface area contributed by atoms with Crippen LogP contribution in [0.15, 0.2) is 30.3 Å². The number of methoxy groups -OCH3 is 2. The van der Waals surface area contributed by atoms with E-state index in [0.29, 0.717) is 5.39 Å². The number of fused-ring (bicyclic) bond motifs is 2. The summed E-state index contributed by atoms with van der Waals surface area (Å²) >= 11 is 0. The second-order valence-corrected chi connectivity index (χ2v) is 7.10. The predicted octanol–water partition coefficient (Wildman–Crippen LogP) is 3.14. The molecule has 0 saturated heterocycles. The number of hydrogen-bond acceptors (Lipinski definition) is 8. The van der Waals surface area contributed by atoms with Crippen LogP contribution in [-0.4, -0.2) is 41.5 Å². The van der Waals surface area contributed by atoms with Crippen LogP contribution in [0.5, 0.6) is 23.0 Å². The molecule has 4 rings (SSSR count). The van der Waals surface area contributed by atoms with Gasteiger partial charge < -0.3 is 34.5 Å². The highest BCUT2D eigenvalue weighted by molar-refractivity contribution is 6.13. The summed E-state index contributed by atoms with van der Waals surface area (Å²) in [5, 5.41) is 30.0. The van der Waals surface area contributed by atoms with E-state index in [0.717, 1.165) is 12.1 Å². The smallest absolute Gasteiger partial charge is 0.336 e. The normalized spacial score (nSPS) is 12.4. The van der Waals surface area contributed by atoms with E-state index >= 15 is 0 Å². The molecule has 176 valence electrons. The molecule has 0 aliphatic carbocycles. The number of aliphatic hydroxyl groups is 1. The van der Waals surface area contributed by atoms with Gasteiger partial charge in [-0.2, -0.15) is 0 Å². The Hall–Kier alpha value is -4.35. The average Bonchev–Trinajstić information content (AvgIpc) is 3.29. The summed E-state index contributed by atoms with van der Waals surface area (Å²) in [5.41, 5.74) is 1.96. The third-order valence-corrected chi connectivity index (χ3v) is 5.32. The van der Waals surface area contributed by atoms with E-state index < -0.39 is 24.4 Å². The fraction of sp³-hybridized carbons (Fsp3) is 0.130. The van der Waals surface area contributed by atoms with Gasteiger partial charge in [-0.05, 0) is 52.2 Å². The first-order valence-electron chi connectivity index (χ1n) is 9.73. The zero-order chi connectivity index (χ0) is 24.6. The zero-order valence-electron chi connectivity index (χ0n) is 17.8. The molecule has 34 heavy (non-hydrogen) atoms. The number of benzene rings is 3. The van der Waals surface area contributed by atoms with Crippen LogP contribution in [0, 0.1) is 5.82 Å². The minimum Gasteiger partial charge on any atom is -0.493 e. The minimum absolute atomic E-state index is 0.0136. The Balaban J connectivity index is 2.22. The first-order chi connectivity index (χ1) is 16.3. The van der Waals surface area contributed by atoms with Gasteiger partial charge >= 0.3 is 11.9 Å². The summed E-state index contributed by atoms with van der Waals surface area (Å²) in [6.07, 6.45) is 2.00. The molecule has 0 saturated carbocycles. The predicted molar refractivity (Wildman–Crippen MR) is 116 cm³/mol. The van der Waals surface area contributed by atoms with Gasteiger partial charge in [-0.25, -0.2) is 14.0 Å². The molecule has 11 heteroatoms. The largest absolute Gasteiger partial charge is 0.493 e. The molecule has 0 spiro atoms. The topological polar surface area (TPSA) is 144 Å². The number of aromatic carboxylic acids is 1. The van der Waals surface area contributed by atoms with Gasteiger partial charge in [-0.15, -0.1) is 0 Å². The Kier molecular flexibility index (Phi) is 5.97. The molecule has 4 N–H and O–H groups in total. The van der Waals surface area contributed by atoms with Crippen LogP contribution in [0.3, 0.4) is 0 Å². The van der Waals surface area contributed by atoms with E-state index in [1.807, 2.05) is 0 Å². The van der Waals surface area contributed by atoms with Crippen LogP contribution in [0.4, 0.5) is 4.39 Å². The Labute approximate surface area is 191 Å². The molecule has 0 radical (unpaired) electrons. The average molecular weight is 471 g/mol. The maximum absolute atomic E-state index is 14.7. The molecule has 3 aromatic rings. The van der Waals surface area contributed by atoms with Crippen LogP contribution in [0.1, 0.15) is 21.5 Å². The van der Waals surface area contributed by atoms with E-state index in [2.05, 4.69) is 5.64 Å². The lowest BCUT2D eigenvalue weighted by atomic mass is 9.85. The van der Waals surface area contributed by atoms with E-state index in [-0.39, 0.29) is 56.2 Å². The molecule has 10 nitrogen and oxygen atoms in total. The Morgan fingerprint density at radius 3 is 2.32 bits per heavy atom. The molecule has 0 amide bonds. The van der Waals surface area contributed by atoms with Gasteiger partial charge in [-0.3, -0.25) is 0 Å². The van der Waals surface area contributed by atoms with Crippen molar-refractivity contribution in [3.8, 4) is 34.1 Å². The van der Waals surface area contributed by atoms with Gasteiger partial charge in [0.1, 0.15) is 0 Å². The van der Waals surface area contributed by atoms with Crippen LogP contribution < -0.4 is 24.8 Å². The van der Waals surface area contributed by atoms with Crippen LogP contribution >= 0.6 is 0 Å². The fourth-order valence-electron chi connectivity index (χ4n) is 3.93. The van der Waals surface area contributed by atoms with Crippen molar-refractivity contribution in [2.75, 3.05) is 14.2 Å². The quantitative estimate of drug-likeness (QED) is 0.379. The van der Waals surface area contributed by atoms with Crippen molar-refractivity contribution in [2.45, 2.75) is 6.61 Å². The third kappa shape index (κ3) is 3.72. The maximum Gasteiger partial charge on any atom is 0.336 e. The van der Waals surface area contributed by atoms with Gasteiger partial charge in [0.05, 0.1) is 26.4 Å². The lowest BCUT2D eigenvalue weighted by Crippen LogP contribution is -2.14. The highest BCUT2D eigenvalue weighted by atomic mass is 19.1. The van der Waals surface area contributed by atoms with E-state index in [4.69, 9.17) is 24.3 Å². The number of halogens is 1. The van der Waals surface area contributed by atoms with Crippen molar-refractivity contribution in [3.63, 3.8) is 0 Å². The summed E-state index contributed by atoms with van der Waals surface area (Å²) in [6.45, 7) is -0.743. The molecular weight excluding hydrogens is 453 g/mol. The number of hydrogen-bond donors (Lipinski definition) is 4. The monoisotopic (exact) mass is 471 g/mol. The summed E-state index contributed by atoms with van der Waals surface area (Å²) < 4.78 is 25.5. The highest BCUT2D eigenvalue weighted by Gasteiger charge is 2.28. The van der Waals surface area contributed by atoms with Crippen LogP contribution in [0.2, 0.25) is 0 Å². The Morgan fingerprint density at radius 1 is 1.06 bits per heavy atom. The third-order valence-electron chi connectivity index (χ3n) is 5.32. The summed E-state index contributed by atoms with van der Waals surface area (Å²) in [7, 11) is 2.79. The number of carboxylic acids is 2. The molecule has 3 aromatic carbocycles. The highest BCUT2D eigenvalue weighted by Crippen LogP contribution is 2.45. The number of carbonyl (C=O) groups is 2. The molecule has 1 aliphatic heterocycles. The van der Waals surface area contributed by atoms with Gasteiger partial charge in [0, 0.05) is 22.8 Å². The lowest BCUT2D eigenvalue weighted by molar-refractivity contribution is -0.131. The van der Waals surface area contributed by atoms with Crippen molar-refractivity contribution < 1.29 is 48.4 Å². The van der Waals surface area contributed by atoms with Crippen molar-refractivity contribution >= 4 is 28.8 Å². The molecule has 0 atom stereocenters. The second kappa shape index (κ2) is 8.89. The first-order valence-corrected chi connectivity index (χ1v) is 9.73. The van der Waals surface area contributed by atoms with Gasteiger partial charge in [-0.1, -0.05) is 0 Å². The Morgan fingerprint density at radius 2 is 1.74 bits per heavy atom. The van der Waals surface area contributed by atoms with Gasteiger partial charge in [0.15, 0.2) is 23.1 Å². The molecule has 0 fully saturated rings. The van der Waals surface area contributed by atoms with Gasteiger partial charge in [0.25, 0.3) is 0 Å². The van der Waals surface area contributed by atoms with Gasteiger partial charge in [0.2, 0.25) is 5.75 Å². The zero-order valence-corrected chi connectivity index (χ0v) is 17.8. The molecule has 1 aliphatic rings. The number of ether oxygens (including phenoxy) is 2. The summed E-state index contributed by atoms with van der Waals surface area (Å²) in [4.78, 5) is 33.6. The standard InChI is InChI=1S/C23H18FNO9/c1-31-16-7-12-11(3-4-19(27)28)14(9-26)21(23(29)30)20(13(12)8-17(16)32-2)10-5-15(24)22-18(6-10)33-25-34-22/h3-8,25-26H,9H2,1-2H3,(H,27,28)(H,29,30)/b4-3+. The fourth-order valence-corrected chi connectivity index (χ4v) is 3.93. The number of rotatable bonds is 7. The second-order valence-electron chi connectivity index (χ2n) is 7.10.